The molecule has 22 heavy (non-hydrogen) atoms. The van der Waals surface area contributed by atoms with Gasteiger partial charge in [-0.1, -0.05) is 31.4 Å². The summed E-state index contributed by atoms with van der Waals surface area (Å²) < 4.78 is 5.78. The average Bonchev–Trinajstić information content (AvgIpc) is 2.58. The van der Waals surface area contributed by atoms with E-state index in [0.717, 1.165) is 31.4 Å². The smallest absolute Gasteiger partial charge is 0.142 e. The van der Waals surface area contributed by atoms with Crippen LogP contribution < -0.4 is 9.64 Å². The van der Waals surface area contributed by atoms with Gasteiger partial charge in [0.15, 0.2) is 0 Å². The first-order valence-corrected chi connectivity index (χ1v) is 9.06. The number of hydrogen-bond donors (Lipinski definition) is 0. The van der Waals surface area contributed by atoms with Crippen LogP contribution in [0.1, 0.15) is 39.0 Å². The van der Waals surface area contributed by atoms with E-state index in [9.17, 15) is 0 Å². The standard InChI is InChI=1S/C19H30N2O/c1-2-22-19-11-7-6-10-18(19)21-14-12-20(13-15-21)16-17-8-4-3-5-9-17/h6-7,10-11,17H,2-5,8-9,12-16H2,1H3. The second-order valence-corrected chi connectivity index (χ2v) is 6.69. The number of para-hydroxylation sites is 2. The van der Waals surface area contributed by atoms with Gasteiger partial charge in [-0.25, -0.2) is 0 Å². The molecule has 0 bridgehead atoms. The molecule has 3 rings (SSSR count). The summed E-state index contributed by atoms with van der Waals surface area (Å²) in [7, 11) is 0. The molecule has 0 spiro atoms. The summed E-state index contributed by atoms with van der Waals surface area (Å²) in [4.78, 5) is 5.16. The molecule has 1 aromatic carbocycles. The van der Waals surface area contributed by atoms with Crippen molar-refractivity contribution in [2.45, 2.75) is 39.0 Å². The van der Waals surface area contributed by atoms with Gasteiger partial charge in [-0.15, -0.1) is 0 Å². The third-order valence-corrected chi connectivity index (χ3v) is 5.12. The number of nitrogens with zero attached hydrogens (tertiary/aromatic N) is 2. The van der Waals surface area contributed by atoms with Crippen LogP contribution in [0.15, 0.2) is 24.3 Å². The second-order valence-electron chi connectivity index (χ2n) is 6.69. The Labute approximate surface area is 135 Å². The van der Waals surface area contributed by atoms with Gasteiger partial charge in [-0.3, -0.25) is 4.90 Å². The van der Waals surface area contributed by atoms with Crippen molar-refractivity contribution in [1.82, 2.24) is 4.90 Å². The Kier molecular flexibility index (Phi) is 5.60. The molecule has 1 aliphatic heterocycles. The third-order valence-electron chi connectivity index (χ3n) is 5.12. The minimum atomic E-state index is 0.735. The first-order chi connectivity index (χ1) is 10.9. The highest BCUT2D eigenvalue weighted by Gasteiger charge is 2.22. The monoisotopic (exact) mass is 302 g/mol. The number of piperazine rings is 1. The fourth-order valence-corrected chi connectivity index (χ4v) is 3.90. The van der Waals surface area contributed by atoms with Crippen molar-refractivity contribution in [3.8, 4) is 5.75 Å². The molecule has 0 aromatic heterocycles. The van der Waals surface area contributed by atoms with Gasteiger partial charge in [0, 0.05) is 32.7 Å². The zero-order valence-corrected chi connectivity index (χ0v) is 14.0. The first-order valence-electron chi connectivity index (χ1n) is 9.06. The highest BCUT2D eigenvalue weighted by molar-refractivity contribution is 5.58. The van der Waals surface area contributed by atoms with Crippen LogP contribution in [0, 0.1) is 5.92 Å². The maximum atomic E-state index is 5.78. The molecule has 2 aliphatic rings. The summed E-state index contributed by atoms with van der Waals surface area (Å²) in [6.45, 7) is 8.74. The molecule has 3 heteroatoms. The lowest BCUT2D eigenvalue weighted by molar-refractivity contribution is 0.191. The lowest BCUT2D eigenvalue weighted by Gasteiger charge is -2.38. The molecule has 1 saturated carbocycles. The van der Waals surface area contributed by atoms with E-state index in [1.54, 1.807) is 0 Å². The summed E-state index contributed by atoms with van der Waals surface area (Å²) in [6.07, 6.45) is 7.26. The maximum absolute atomic E-state index is 5.78. The number of rotatable bonds is 5. The Morgan fingerprint density at radius 2 is 1.73 bits per heavy atom. The Morgan fingerprint density at radius 1 is 1.00 bits per heavy atom. The van der Waals surface area contributed by atoms with Crippen molar-refractivity contribution in [3.63, 3.8) is 0 Å². The summed E-state index contributed by atoms with van der Waals surface area (Å²) in [5.41, 5.74) is 1.27. The van der Waals surface area contributed by atoms with E-state index in [0.29, 0.717) is 0 Å². The highest BCUT2D eigenvalue weighted by atomic mass is 16.5. The van der Waals surface area contributed by atoms with Crippen molar-refractivity contribution < 1.29 is 4.74 Å². The summed E-state index contributed by atoms with van der Waals surface area (Å²) in [5, 5.41) is 0. The molecule has 3 nitrogen and oxygen atoms in total. The normalized spacial score (nSPS) is 21.0. The van der Waals surface area contributed by atoms with Crippen LogP contribution in [-0.2, 0) is 0 Å². The summed E-state index contributed by atoms with van der Waals surface area (Å²) >= 11 is 0. The minimum absolute atomic E-state index is 0.735. The van der Waals surface area contributed by atoms with E-state index in [1.165, 1.54) is 57.4 Å². The summed E-state index contributed by atoms with van der Waals surface area (Å²) in [5.74, 6) is 1.99. The van der Waals surface area contributed by atoms with Gasteiger partial charge in [-0.2, -0.15) is 0 Å². The molecule has 0 amide bonds. The molecule has 1 aliphatic carbocycles. The van der Waals surface area contributed by atoms with Gasteiger partial charge in [0.05, 0.1) is 12.3 Å². The fourth-order valence-electron chi connectivity index (χ4n) is 3.90. The van der Waals surface area contributed by atoms with Crippen LogP contribution in [-0.4, -0.2) is 44.2 Å². The number of benzene rings is 1. The average molecular weight is 302 g/mol. The molecule has 0 atom stereocenters. The van der Waals surface area contributed by atoms with E-state index in [4.69, 9.17) is 4.74 Å². The van der Waals surface area contributed by atoms with Gasteiger partial charge in [0.1, 0.15) is 5.75 Å². The Hall–Kier alpha value is -1.22. The van der Waals surface area contributed by atoms with E-state index in [2.05, 4.69) is 41.0 Å². The van der Waals surface area contributed by atoms with E-state index in [-0.39, 0.29) is 0 Å². The van der Waals surface area contributed by atoms with Gasteiger partial charge >= 0.3 is 0 Å². The van der Waals surface area contributed by atoms with Gasteiger partial charge < -0.3 is 9.64 Å². The second kappa shape index (κ2) is 7.87. The predicted octanol–water partition coefficient (Wildman–Crippen LogP) is 3.79. The number of anilines is 1. The molecule has 2 fully saturated rings. The van der Waals surface area contributed by atoms with Gasteiger partial charge in [-0.05, 0) is 37.8 Å². The quantitative estimate of drug-likeness (QED) is 0.823. The fraction of sp³-hybridized carbons (Fsp3) is 0.684. The molecular weight excluding hydrogens is 272 g/mol. The number of hydrogen-bond acceptors (Lipinski definition) is 3. The van der Waals surface area contributed by atoms with Crippen LogP contribution in [0.2, 0.25) is 0 Å². The van der Waals surface area contributed by atoms with E-state index in [1.807, 2.05) is 0 Å². The molecule has 0 radical (unpaired) electrons. The van der Waals surface area contributed by atoms with Crippen LogP contribution in [0.3, 0.4) is 0 Å². The van der Waals surface area contributed by atoms with Crippen LogP contribution >= 0.6 is 0 Å². The molecule has 0 unspecified atom stereocenters. The zero-order valence-electron chi connectivity index (χ0n) is 14.0. The largest absolute Gasteiger partial charge is 0.492 e. The lowest BCUT2D eigenvalue weighted by Crippen LogP contribution is -2.48. The van der Waals surface area contributed by atoms with Crippen molar-refractivity contribution in [3.05, 3.63) is 24.3 Å². The summed E-state index contributed by atoms with van der Waals surface area (Å²) in [6, 6.07) is 8.47. The third kappa shape index (κ3) is 3.95. The lowest BCUT2D eigenvalue weighted by atomic mass is 9.89. The molecule has 1 heterocycles. The highest BCUT2D eigenvalue weighted by Crippen LogP contribution is 2.29. The van der Waals surface area contributed by atoms with Crippen molar-refractivity contribution in [2.24, 2.45) is 5.92 Å². The van der Waals surface area contributed by atoms with Crippen molar-refractivity contribution in [1.29, 1.82) is 0 Å². The van der Waals surface area contributed by atoms with Gasteiger partial charge in [0.25, 0.3) is 0 Å². The first kappa shape index (κ1) is 15.7. The van der Waals surface area contributed by atoms with E-state index >= 15 is 0 Å². The molecule has 1 aromatic rings. The zero-order chi connectivity index (χ0) is 15.2. The maximum Gasteiger partial charge on any atom is 0.142 e. The van der Waals surface area contributed by atoms with E-state index < -0.39 is 0 Å². The minimum Gasteiger partial charge on any atom is -0.492 e. The van der Waals surface area contributed by atoms with Crippen molar-refractivity contribution in [2.75, 3.05) is 44.2 Å². The van der Waals surface area contributed by atoms with Crippen LogP contribution in [0.5, 0.6) is 5.75 Å². The Morgan fingerprint density at radius 3 is 2.45 bits per heavy atom. The number of ether oxygens (including phenoxy) is 1. The molecule has 0 N–H and O–H groups in total. The SMILES string of the molecule is CCOc1ccccc1N1CCN(CC2CCCCC2)CC1. The Bertz CT molecular complexity index is 449. The molecule has 1 saturated heterocycles. The van der Waals surface area contributed by atoms with Crippen LogP contribution in [0.25, 0.3) is 0 Å². The van der Waals surface area contributed by atoms with Crippen molar-refractivity contribution >= 4 is 5.69 Å². The topological polar surface area (TPSA) is 15.7 Å². The predicted molar refractivity (Wildman–Crippen MR) is 92.8 cm³/mol. The molecule has 122 valence electrons. The Balaban J connectivity index is 1.53. The van der Waals surface area contributed by atoms with Gasteiger partial charge in [0.2, 0.25) is 0 Å². The van der Waals surface area contributed by atoms with Crippen LogP contribution in [0.4, 0.5) is 5.69 Å². The molecular formula is C19H30N2O.